The van der Waals surface area contributed by atoms with E-state index in [0.717, 1.165) is 0 Å². The molecule has 0 aliphatic carbocycles. The second kappa shape index (κ2) is 4.36. The highest BCUT2D eigenvalue weighted by atomic mass is 32.2. The van der Waals surface area contributed by atoms with Gasteiger partial charge in [0.15, 0.2) is 0 Å². The Balaban J connectivity index is 2.01. The molecule has 1 aromatic heterocycles. The molecular formula is C10H17N3S. The van der Waals surface area contributed by atoms with Gasteiger partial charge >= 0.3 is 0 Å². The lowest BCUT2D eigenvalue weighted by Crippen LogP contribution is -2.31. The van der Waals surface area contributed by atoms with Crippen LogP contribution >= 0.6 is 11.8 Å². The van der Waals surface area contributed by atoms with Crippen molar-refractivity contribution in [3.8, 4) is 0 Å². The molecule has 0 N–H and O–H groups in total. The zero-order valence-corrected chi connectivity index (χ0v) is 9.63. The summed E-state index contributed by atoms with van der Waals surface area (Å²) in [4.78, 5) is 3.65. The Bertz CT molecular complexity index is 289. The standard InChI is InChI=1S/C10H17N3S/c1-12-5-3-9(4-6-12)13-8-10(14-2)7-11-13/h7-9H,3-6H2,1-2H3. The van der Waals surface area contributed by atoms with Gasteiger partial charge in [-0.1, -0.05) is 0 Å². The predicted octanol–water partition coefficient (Wildman–Crippen LogP) is 1.87. The maximum Gasteiger partial charge on any atom is 0.0625 e. The molecule has 14 heavy (non-hydrogen) atoms. The molecule has 0 aromatic carbocycles. The summed E-state index contributed by atoms with van der Waals surface area (Å²) in [6.45, 7) is 2.39. The molecule has 2 rings (SSSR count). The number of likely N-dealkylation sites (tertiary alicyclic amines) is 1. The first kappa shape index (κ1) is 10.1. The lowest BCUT2D eigenvalue weighted by atomic mass is 10.1. The van der Waals surface area contributed by atoms with Crippen molar-refractivity contribution in [1.82, 2.24) is 14.7 Å². The van der Waals surface area contributed by atoms with Crippen LogP contribution in [0.3, 0.4) is 0 Å². The van der Waals surface area contributed by atoms with Gasteiger partial charge in [-0.3, -0.25) is 4.68 Å². The fraction of sp³-hybridized carbons (Fsp3) is 0.700. The Hall–Kier alpha value is -0.480. The molecule has 1 saturated heterocycles. The van der Waals surface area contributed by atoms with E-state index in [0.29, 0.717) is 6.04 Å². The van der Waals surface area contributed by atoms with E-state index >= 15 is 0 Å². The molecule has 1 fully saturated rings. The minimum Gasteiger partial charge on any atom is -0.306 e. The summed E-state index contributed by atoms with van der Waals surface area (Å²) in [6, 6.07) is 0.618. The smallest absolute Gasteiger partial charge is 0.0625 e. The largest absolute Gasteiger partial charge is 0.306 e. The molecule has 0 spiro atoms. The molecule has 1 aromatic rings. The number of piperidine rings is 1. The van der Waals surface area contributed by atoms with Gasteiger partial charge in [0.2, 0.25) is 0 Å². The van der Waals surface area contributed by atoms with Crippen molar-refractivity contribution in [3.63, 3.8) is 0 Å². The van der Waals surface area contributed by atoms with Crippen molar-refractivity contribution >= 4 is 11.8 Å². The number of aromatic nitrogens is 2. The van der Waals surface area contributed by atoms with Crippen molar-refractivity contribution in [2.45, 2.75) is 23.8 Å². The summed E-state index contributed by atoms with van der Waals surface area (Å²) in [5.74, 6) is 0. The highest BCUT2D eigenvalue weighted by Crippen LogP contribution is 2.23. The quantitative estimate of drug-likeness (QED) is 0.697. The number of hydrogen-bond acceptors (Lipinski definition) is 3. The zero-order chi connectivity index (χ0) is 9.97. The van der Waals surface area contributed by atoms with E-state index < -0.39 is 0 Å². The zero-order valence-electron chi connectivity index (χ0n) is 8.81. The molecule has 1 aliphatic heterocycles. The first-order chi connectivity index (χ1) is 6.79. The van der Waals surface area contributed by atoms with Gasteiger partial charge in [0.1, 0.15) is 0 Å². The van der Waals surface area contributed by atoms with Gasteiger partial charge in [0.05, 0.1) is 12.2 Å². The number of hydrogen-bond donors (Lipinski definition) is 0. The number of rotatable bonds is 2. The van der Waals surface area contributed by atoms with Crippen LogP contribution in [-0.2, 0) is 0 Å². The van der Waals surface area contributed by atoms with Crippen LogP contribution in [0.15, 0.2) is 17.3 Å². The first-order valence-corrected chi connectivity index (χ1v) is 6.29. The van der Waals surface area contributed by atoms with Crippen molar-refractivity contribution in [1.29, 1.82) is 0 Å². The second-order valence-corrected chi connectivity index (χ2v) is 4.77. The summed E-state index contributed by atoms with van der Waals surface area (Å²) < 4.78 is 2.14. The molecule has 0 amide bonds. The number of thioether (sulfide) groups is 1. The average Bonchev–Trinajstić information content (AvgIpc) is 2.67. The van der Waals surface area contributed by atoms with Gasteiger partial charge in [-0.2, -0.15) is 5.10 Å². The van der Waals surface area contributed by atoms with Crippen LogP contribution in [0.1, 0.15) is 18.9 Å². The minimum atomic E-state index is 0.618. The molecule has 2 heterocycles. The molecule has 3 nitrogen and oxygen atoms in total. The molecule has 0 unspecified atom stereocenters. The Morgan fingerprint density at radius 3 is 2.71 bits per heavy atom. The Morgan fingerprint density at radius 2 is 2.14 bits per heavy atom. The third-order valence-corrected chi connectivity index (χ3v) is 3.56. The van der Waals surface area contributed by atoms with E-state index in [2.05, 4.69) is 34.2 Å². The third kappa shape index (κ3) is 2.12. The normalized spacial score (nSPS) is 20.1. The van der Waals surface area contributed by atoms with E-state index in [9.17, 15) is 0 Å². The van der Waals surface area contributed by atoms with Crippen LogP contribution in [0.2, 0.25) is 0 Å². The molecule has 0 radical (unpaired) electrons. The molecule has 0 atom stereocenters. The second-order valence-electron chi connectivity index (χ2n) is 3.89. The van der Waals surface area contributed by atoms with E-state index in [1.54, 1.807) is 11.8 Å². The number of nitrogens with zero attached hydrogens (tertiary/aromatic N) is 3. The minimum absolute atomic E-state index is 0.618. The fourth-order valence-electron chi connectivity index (χ4n) is 1.89. The SMILES string of the molecule is CSc1cnn(C2CCN(C)CC2)c1. The van der Waals surface area contributed by atoms with Crippen molar-refractivity contribution in [3.05, 3.63) is 12.4 Å². The highest BCUT2D eigenvalue weighted by Gasteiger charge is 2.18. The van der Waals surface area contributed by atoms with Crippen LogP contribution in [0.5, 0.6) is 0 Å². The maximum absolute atomic E-state index is 4.41. The van der Waals surface area contributed by atoms with Crippen LogP contribution in [-0.4, -0.2) is 41.1 Å². The summed E-state index contributed by atoms with van der Waals surface area (Å²) in [6.07, 6.45) is 8.68. The average molecular weight is 211 g/mol. The fourth-order valence-corrected chi connectivity index (χ4v) is 2.25. The van der Waals surface area contributed by atoms with Crippen LogP contribution < -0.4 is 0 Å². The van der Waals surface area contributed by atoms with Crippen LogP contribution in [0.4, 0.5) is 0 Å². The Labute approximate surface area is 89.5 Å². The molecule has 1 aliphatic rings. The van der Waals surface area contributed by atoms with E-state index in [1.807, 2.05) is 6.20 Å². The van der Waals surface area contributed by atoms with E-state index in [4.69, 9.17) is 0 Å². The topological polar surface area (TPSA) is 21.1 Å². The molecular weight excluding hydrogens is 194 g/mol. The molecule has 0 saturated carbocycles. The van der Waals surface area contributed by atoms with Gasteiger partial charge in [0.25, 0.3) is 0 Å². The van der Waals surface area contributed by atoms with Gasteiger partial charge in [0, 0.05) is 11.1 Å². The molecule has 4 heteroatoms. The van der Waals surface area contributed by atoms with Gasteiger partial charge in [-0.15, -0.1) is 11.8 Å². The van der Waals surface area contributed by atoms with Crippen LogP contribution in [0.25, 0.3) is 0 Å². The van der Waals surface area contributed by atoms with Crippen molar-refractivity contribution < 1.29 is 0 Å². The summed E-state index contributed by atoms with van der Waals surface area (Å²) in [5, 5.41) is 4.41. The summed E-state index contributed by atoms with van der Waals surface area (Å²) in [7, 11) is 2.19. The lowest BCUT2D eigenvalue weighted by Gasteiger charge is -2.28. The van der Waals surface area contributed by atoms with Crippen molar-refractivity contribution in [2.75, 3.05) is 26.4 Å². The molecule has 0 bridgehead atoms. The van der Waals surface area contributed by atoms with Gasteiger partial charge in [-0.05, 0) is 39.2 Å². The molecule has 78 valence electrons. The van der Waals surface area contributed by atoms with Crippen LogP contribution in [0, 0.1) is 0 Å². The first-order valence-electron chi connectivity index (χ1n) is 5.06. The maximum atomic E-state index is 4.41. The summed E-state index contributed by atoms with van der Waals surface area (Å²) >= 11 is 1.76. The van der Waals surface area contributed by atoms with E-state index in [-0.39, 0.29) is 0 Å². The predicted molar refractivity (Wildman–Crippen MR) is 59.8 cm³/mol. The van der Waals surface area contributed by atoms with Crippen molar-refractivity contribution in [2.24, 2.45) is 0 Å². The van der Waals surface area contributed by atoms with E-state index in [1.165, 1.54) is 30.8 Å². The lowest BCUT2D eigenvalue weighted by molar-refractivity contribution is 0.212. The Kier molecular flexibility index (Phi) is 3.13. The van der Waals surface area contributed by atoms with Gasteiger partial charge in [-0.25, -0.2) is 0 Å². The third-order valence-electron chi connectivity index (χ3n) is 2.88. The Morgan fingerprint density at radius 1 is 1.43 bits per heavy atom. The highest BCUT2D eigenvalue weighted by molar-refractivity contribution is 7.98. The van der Waals surface area contributed by atoms with Gasteiger partial charge < -0.3 is 4.90 Å². The monoisotopic (exact) mass is 211 g/mol. The summed E-state index contributed by atoms with van der Waals surface area (Å²) in [5.41, 5.74) is 0.